The molecular weight excluding hydrogens is 283 g/mol. The van der Waals surface area contributed by atoms with Crippen molar-refractivity contribution in [3.8, 4) is 0 Å². The van der Waals surface area contributed by atoms with Crippen LogP contribution >= 0.6 is 11.6 Å². The predicted molar refractivity (Wildman–Crippen MR) is 74.4 cm³/mol. The van der Waals surface area contributed by atoms with Gasteiger partial charge >= 0.3 is 5.97 Å². The number of hydrogen-bond donors (Lipinski definition) is 2. The Hall–Kier alpha value is -1.13. The van der Waals surface area contributed by atoms with Gasteiger partial charge in [-0.1, -0.05) is 37.4 Å². The fourth-order valence-corrected chi connectivity index (χ4v) is 3.45. The van der Waals surface area contributed by atoms with E-state index in [0.717, 1.165) is 12.5 Å². The number of aliphatic hydroxyl groups is 1. The molecule has 110 valence electrons. The van der Waals surface area contributed by atoms with Gasteiger partial charge in [0.1, 0.15) is 11.2 Å². The topological polar surface area (TPSA) is 57.5 Å². The van der Waals surface area contributed by atoms with Gasteiger partial charge in [-0.2, -0.15) is 0 Å². The van der Waals surface area contributed by atoms with Crippen LogP contribution in [0.3, 0.4) is 0 Å². The average Bonchev–Trinajstić information content (AvgIpc) is 2.42. The van der Waals surface area contributed by atoms with Crippen LogP contribution in [0.4, 0.5) is 4.39 Å². The van der Waals surface area contributed by atoms with Crippen molar-refractivity contribution in [3.05, 3.63) is 34.6 Å². The summed E-state index contributed by atoms with van der Waals surface area (Å²) in [6, 6.07) is 4.00. The molecule has 1 fully saturated rings. The van der Waals surface area contributed by atoms with Gasteiger partial charge in [0.2, 0.25) is 0 Å². The molecule has 2 atom stereocenters. The molecule has 1 aliphatic rings. The monoisotopic (exact) mass is 300 g/mol. The lowest BCUT2D eigenvalue weighted by molar-refractivity contribution is -0.162. The number of halogens is 2. The lowest BCUT2D eigenvalue weighted by atomic mass is 9.58. The molecule has 2 N–H and O–H groups in total. The largest absolute Gasteiger partial charge is 0.480 e. The second-order valence-electron chi connectivity index (χ2n) is 5.43. The number of benzene rings is 1. The standard InChI is InChI=1S/C15H18ClFO3/c1-2-14(20)7-3-4-8-15(14,13(18)19)10-5-6-11(16)12(17)9-10/h5-6,9,20H,2-4,7-8H2,1H3,(H,18,19). The van der Waals surface area contributed by atoms with Crippen molar-refractivity contribution in [2.24, 2.45) is 0 Å². The van der Waals surface area contributed by atoms with E-state index in [0.29, 0.717) is 25.7 Å². The van der Waals surface area contributed by atoms with Gasteiger partial charge in [-0.25, -0.2) is 4.39 Å². The molecule has 20 heavy (non-hydrogen) atoms. The average molecular weight is 301 g/mol. The molecule has 0 heterocycles. The van der Waals surface area contributed by atoms with Gasteiger partial charge in [0.05, 0.1) is 10.6 Å². The second-order valence-corrected chi connectivity index (χ2v) is 5.84. The van der Waals surface area contributed by atoms with E-state index in [4.69, 9.17) is 11.6 Å². The molecule has 1 aromatic rings. The van der Waals surface area contributed by atoms with Crippen LogP contribution in [0.1, 0.15) is 44.6 Å². The van der Waals surface area contributed by atoms with Crippen molar-refractivity contribution in [3.63, 3.8) is 0 Å². The Morgan fingerprint density at radius 2 is 2.05 bits per heavy atom. The quantitative estimate of drug-likeness (QED) is 0.898. The van der Waals surface area contributed by atoms with E-state index in [1.165, 1.54) is 12.1 Å². The third-order valence-corrected chi connectivity index (χ3v) is 4.86. The summed E-state index contributed by atoms with van der Waals surface area (Å²) in [4.78, 5) is 11.9. The van der Waals surface area contributed by atoms with E-state index in [1.54, 1.807) is 6.92 Å². The minimum absolute atomic E-state index is 0.0508. The Bertz CT molecular complexity index is 534. The number of rotatable bonds is 3. The van der Waals surface area contributed by atoms with Crippen LogP contribution in [0.25, 0.3) is 0 Å². The molecule has 2 unspecified atom stereocenters. The number of aliphatic carboxylic acids is 1. The summed E-state index contributed by atoms with van der Waals surface area (Å²) in [5.41, 5.74) is -2.54. The molecule has 0 saturated heterocycles. The maximum atomic E-state index is 13.7. The van der Waals surface area contributed by atoms with E-state index in [2.05, 4.69) is 0 Å². The van der Waals surface area contributed by atoms with Gasteiger partial charge in [0.15, 0.2) is 0 Å². The van der Waals surface area contributed by atoms with E-state index in [1.807, 2.05) is 0 Å². The highest BCUT2D eigenvalue weighted by atomic mass is 35.5. The van der Waals surface area contributed by atoms with Crippen molar-refractivity contribution >= 4 is 17.6 Å². The lowest BCUT2D eigenvalue weighted by Crippen LogP contribution is -2.58. The number of carboxylic acid groups (broad SMARTS) is 1. The van der Waals surface area contributed by atoms with Crippen LogP contribution in [0.5, 0.6) is 0 Å². The SMILES string of the molecule is CCC1(O)CCCCC1(C(=O)O)c1ccc(Cl)c(F)c1. The van der Waals surface area contributed by atoms with Gasteiger partial charge in [-0.3, -0.25) is 4.79 Å². The van der Waals surface area contributed by atoms with Crippen molar-refractivity contribution in [2.45, 2.75) is 50.0 Å². The maximum absolute atomic E-state index is 13.7. The first-order valence-electron chi connectivity index (χ1n) is 6.79. The molecule has 0 amide bonds. The minimum atomic E-state index is -1.47. The predicted octanol–water partition coefficient (Wildman–Crippen LogP) is 3.52. The second kappa shape index (κ2) is 5.34. The Morgan fingerprint density at radius 1 is 1.40 bits per heavy atom. The number of hydrogen-bond acceptors (Lipinski definition) is 2. The molecular formula is C15H18ClFO3. The Labute approximate surface area is 122 Å². The van der Waals surface area contributed by atoms with E-state index in [9.17, 15) is 19.4 Å². The van der Waals surface area contributed by atoms with E-state index < -0.39 is 22.8 Å². The zero-order chi connectivity index (χ0) is 15.0. The first-order chi connectivity index (χ1) is 9.37. The van der Waals surface area contributed by atoms with Crippen LogP contribution in [0, 0.1) is 5.82 Å². The van der Waals surface area contributed by atoms with Crippen molar-refractivity contribution in [1.82, 2.24) is 0 Å². The molecule has 0 spiro atoms. The first-order valence-corrected chi connectivity index (χ1v) is 7.16. The number of carboxylic acids is 1. The highest BCUT2D eigenvalue weighted by Crippen LogP contribution is 2.49. The van der Waals surface area contributed by atoms with Crippen molar-refractivity contribution < 1.29 is 19.4 Å². The van der Waals surface area contributed by atoms with Crippen LogP contribution in [0.2, 0.25) is 5.02 Å². The molecule has 0 bridgehead atoms. The van der Waals surface area contributed by atoms with Crippen LogP contribution in [0.15, 0.2) is 18.2 Å². The van der Waals surface area contributed by atoms with Crippen molar-refractivity contribution in [1.29, 1.82) is 0 Å². The van der Waals surface area contributed by atoms with Crippen LogP contribution < -0.4 is 0 Å². The highest BCUT2D eigenvalue weighted by Gasteiger charge is 2.57. The minimum Gasteiger partial charge on any atom is -0.480 e. The third-order valence-electron chi connectivity index (χ3n) is 4.55. The zero-order valence-electron chi connectivity index (χ0n) is 11.3. The van der Waals surface area contributed by atoms with E-state index >= 15 is 0 Å². The molecule has 3 nitrogen and oxygen atoms in total. The van der Waals surface area contributed by atoms with Gasteiger partial charge < -0.3 is 10.2 Å². The summed E-state index contributed by atoms with van der Waals surface area (Å²) in [5, 5.41) is 20.5. The Morgan fingerprint density at radius 3 is 2.60 bits per heavy atom. The third kappa shape index (κ3) is 2.11. The fraction of sp³-hybridized carbons (Fsp3) is 0.533. The number of carbonyl (C=O) groups is 1. The Balaban J connectivity index is 2.64. The van der Waals surface area contributed by atoms with Gasteiger partial charge in [-0.15, -0.1) is 0 Å². The molecule has 0 aromatic heterocycles. The van der Waals surface area contributed by atoms with Crippen LogP contribution in [-0.4, -0.2) is 21.8 Å². The smallest absolute Gasteiger partial charge is 0.317 e. The molecule has 0 aliphatic heterocycles. The van der Waals surface area contributed by atoms with Gasteiger partial charge in [0.25, 0.3) is 0 Å². The Kier molecular flexibility index (Phi) is 4.07. The maximum Gasteiger partial charge on any atom is 0.317 e. The lowest BCUT2D eigenvalue weighted by Gasteiger charge is -2.47. The summed E-state index contributed by atoms with van der Waals surface area (Å²) >= 11 is 5.66. The summed E-state index contributed by atoms with van der Waals surface area (Å²) < 4.78 is 13.7. The normalized spacial score (nSPS) is 30.2. The summed E-state index contributed by atoms with van der Waals surface area (Å²) in [6.07, 6.45) is 2.48. The first kappa shape index (κ1) is 15.3. The molecule has 1 saturated carbocycles. The zero-order valence-corrected chi connectivity index (χ0v) is 12.1. The molecule has 2 rings (SSSR count). The highest BCUT2D eigenvalue weighted by molar-refractivity contribution is 6.30. The van der Waals surface area contributed by atoms with Gasteiger partial charge in [-0.05, 0) is 37.0 Å². The molecule has 1 aromatic carbocycles. The van der Waals surface area contributed by atoms with Gasteiger partial charge in [0, 0.05) is 0 Å². The van der Waals surface area contributed by atoms with Crippen LogP contribution in [-0.2, 0) is 10.2 Å². The fourth-order valence-electron chi connectivity index (χ4n) is 3.34. The molecule has 1 aliphatic carbocycles. The molecule has 0 radical (unpaired) electrons. The summed E-state index contributed by atoms with van der Waals surface area (Å²) in [5.74, 6) is -1.77. The molecule has 5 heteroatoms. The summed E-state index contributed by atoms with van der Waals surface area (Å²) in [7, 11) is 0. The van der Waals surface area contributed by atoms with E-state index in [-0.39, 0.29) is 10.6 Å². The van der Waals surface area contributed by atoms with Crippen molar-refractivity contribution in [2.75, 3.05) is 0 Å². The summed E-state index contributed by atoms with van der Waals surface area (Å²) in [6.45, 7) is 1.76.